The smallest absolute Gasteiger partial charge is 0.416 e. The zero-order valence-electron chi connectivity index (χ0n) is 20.8. The van der Waals surface area contributed by atoms with Crippen molar-refractivity contribution in [1.82, 2.24) is 0 Å². The van der Waals surface area contributed by atoms with Crippen molar-refractivity contribution in [3.05, 3.63) is 102 Å². The highest BCUT2D eigenvalue weighted by molar-refractivity contribution is 5.93. The lowest BCUT2D eigenvalue weighted by Crippen LogP contribution is -2.30. The van der Waals surface area contributed by atoms with Crippen molar-refractivity contribution in [3.8, 4) is 5.75 Å². The van der Waals surface area contributed by atoms with Crippen LogP contribution in [0.15, 0.2) is 91.1 Å². The van der Waals surface area contributed by atoms with Gasteiger partial charge >= 0.3 is 12.1 Å². The molecule has 1 aliphatic heterocycles. The summed E-state index contributed by atoms with van der Waals surface area (Å²) in [6.45, 7) is 2.13. The number of benzene rings is 1. The highest BCUT2D eigenvalue weighted by Crippen LogP contribution is 2.35. The Morgan fingerprint density at radius 3 is 1.75 bits per heavy atom. The number of hydrogen-bond acceptors (Lipinski definition) is 3. The van der Waals surface area contributed by atoms with Crippen LogP contribution in [0.3, 0.4) is 0 Å². The summed E-state index contributed by atoms with van der Waals surface area (Å²) < 4.78 is 49.3. The van der Waals surface area contributed by atoms with E-state index in [4.69, 9.17) is 9.47 Å². The number of fused-ring (bicyclic) bond motifs is 1. The van der Waals surface area contributed by atoms with E-state index in [1.165, 1.54) is 0 Å². The molecule has 0 spiro atoms. The number of rotatable bonds is 14. The zero-order chi connectivity index (χ0) is 26.1. The molecule has 194 valence electrons. The number of halogens is 3. The first-order valence-electron chi connectivity index (χ1n) is 12.4. The summed E-state index contributed by atoms with van der Waals surface area (Å²) in [5, 5.41) is 0. The van der Waals surface area contributed by atoms with Gasteiger partial charge in [-0.15, -0.1) is 0 Å². The van der Waals surface area contributed by atoms with Crippen molar-refractivity contribution in [2.75, 3.05) is 0 Å². The fourth-order valence-electron chi connectivity index (χ4n) is 3.30. The van der Waals surface area contributed by atoms with Crippen molar-refractivity contribution in [1.29, 1.82) is 0 Å². The molecule has 36 heavy (non-hydrogen) atoms. The minimum absolute atomic E-state index is 0.00758. The van der Waals surface area contributed by atoms with Crippen LogP contribution in [0.25, 0.3) is 0 Å². The van der Waals surface area contributed by atoms with Crippen LogP contribution in [0.5, 0.6) is 5.75 Å². The second-order valence-corrected chi connectivity index (χ2v) is 8.15. The third-order valence-electron chi connectivity index (χ3n) is 5.19. The highest BCUT2D eigenvalue weighted by atomic mass is 19.4. The maximum Gasteiger partial charge on any atom is 0.416 e. The molecule has 0 fully saturated rings. The Hall–Kier alpha value is -3.28. The largest absolute Gasteiger partial charge is 0.454 e. The summed E-state index contributed by atoms with van der Waals surface area (Å²) in [4.78, 5) is 12.0. The van der Waals surface area contributed by atoms with Gasteiger partial charge in [-0.3, -0.25) is 0 Å². The molecule has 0 radical (unpaired) electrons. The summed E-state index contributed by atoms with van der Waals surface area (Å²) >= 11 is 0. The van der Waals surface area contributed by atoms with Crippen LogP contribution in [-0.4, -0.2) is 12.3 Å². The van der Waals surface area contributed by atoms with Gasteiger partial charge in [-0.25, -0.2) is 4.79 Å². The van der Waals surface area contributed by atoms with Crippen LogP contribution in [-0.2, 0) is 10.9 Å². The molecular formula is C30H35F3O3. The number of carbonyl (C=O) groups excluding carboxylic acids is 1. The third-order valence-corrected chi connectivity index (χ3v) is 5.19. The van der Waals surface area contributed by atoms with E-state index in [0.29, 0.717) is 12.8 Å². The highest BCUT2D eigenvalue weighted by Gasteiger charge is 2.34. The molecule has 1 heterocycles. The minimum Gasteiger partial charge on any atom is -0.454 e. The van der Waals surface area contributed by atoms with Crippen LogP contribution >= 0.6 is 0 Å². The van der Waals surface area contributed by atoms with Gasteiger partial charge in [-0.1, -0.05) is 79.8 Å². The van der Waals surface area contributed by atoms with Crippen LogP contribution in [0.4, 0.5) is 13.2 Å². The topological polar surface area (TPSA) is 35.5 Å². The molecule has 2 rings (SSSR count). The van der Waals surface area contributed by atoms with Crippen molar-refractivity contribution >= 4 is 5.97 Å². The fourth-order valence-corrected chi connectivity index (χ4v) is 3.30. The standard InChI is InChI=1S/C30H35F3O3/c1-2-3-4-5-6-7-8-9-10-11-12-13-14-15-16-17-18-19-20-21-28-35-27-24-25(30(31,32)33)22-23-26(27)29(34)36-28/h3-4,6-7,9-10,12-13,15-16,18-19,22-24,28H,2,5,8,11,14,17,20-21H2,1H3. The number of carbonyl (C=O) groups is 1. The van der Waals surface area contributed by atoms with Crippen LogP contribution in [0, 0.1) is 0 Å². The predicted molar refractivity (Wildman–Crippen MR) is 139 cm³/mol. The fraction of sp³-hybridized carbons (Fsp3) is 0.367. The van der Waals surface area contributed by atoms with Gasteiger partial charge < -0.3 is 9.47 Å². The third kappa shape index (κ3) is 11.4. The molecule has 0 saturated heterocycles. The number of esters is 1. The molecule has 1 unspecified atom stereocenters. The Kier molecular flexibility index (Phi) is 13.2. The molecule has 1 atom stereocenters. The van der Waals surface area contributed by atoms with Crippen molar-refractivity contribution < 1.29 is 27.4 Å². The molecule has 1 aromatic rings. The molecule has 0 bridgehead atoms. The van der Waals surface area contributed by atoms with Crippen LogP contribution < -0.4 is 4.74 Å². The normalized spacial score (nSPS) is 16.8. The summed E-state index contributed by atoms with van der Waals surface area (Å²) in [6, 6.07) is 2.78. The predicted octanol–water partition coefficient (Wildman–Crippen LogP) is 9.06. The summed E-state index contributed by atoms with van der Waals surface area (Å²) in [5.74, 6) is -0.758. The molecule has 0 aliphatic carbocycles. The van der Waals surface area contributed by atoms with E-state index in [2.05, 4.69) is 67.7 Å². The molecular weight excluding hydrogens is 465 g/mol. The minimum atomic E-state index is -4.50. The van der Waals surface area contributed by atoms with Crippen LogP contribution in [0.2, 0.25) is 0 Å². The van der Waals surface area contributed by atoms with Gasteiger partial charge in [-0.05, 0) is 63.1 Å². The first-order chi connectivity index (χ1) is 17.4. The number of hydrogen-bond donors (Lipinski definition) is 0. The molecule has 0 saturated carbocycles. The first-order valence-corrected chi connectivity index (χ1v) is 12.4. The number of allylic oxidation sites excluding steroid dienone is 12. The van der Waals surface area contributed by atoms with E-state index in [0.717, 1.165) is 56.7 Å². The van der Waals surface area contributed by atoms with Gasteiger partial charge in [0.2, 0.25) is 6.29 Å². The van der Waals surface area contributed by atoms with Crippen molar-refractivity contribution in [2.24, 2.45) is 0 Å². The van der Waals surface area contributed by atoms with E-state index in [-0.39, 0.29) is 11.3 Å². The summed E-state index contributed by atoms with van der Waals surface area (Å²) in [6.07, 6.45) is 26.6. The average molecular weight is 501 g/mol. The summed E-state index contributed by atoms with van der Waals surface area (Å²) in [5.41, 5.74) is -0.847. The average Bonchev–Trinajstić information content (AvgIpc) is 2.84. The van der Waals surface area contributed by atoms with Gasteiger partial charge in [0.1, 0.15) is 11.3 Å². The molecule has 1 aliphatic rings. The first kappa shape index (κ1) is 29.0. The lowest BCUT2D eigenvalue weighted by molar-refractivity contribution is -0.138. The molecule has 0 amide bonds. The maximum atomic E-state index is 12.9. The SMILES string of the molecule is CCC=CCC=CCC=CCC=CCC=CCC=CCCC1OC(=O)c2ccc(C(F)(F)F)cc2O1. The molecule has 1 aromatic carbocycles. The monoisotopic (exact) mass is 500 g/mol. The maximum absolute atomic E-state index is 12.9. The Morgan fingerprint density at radius 2 is 1.25 bits per heavy atom. The number of ether oxygens (including phenoxy) is 2. The Bertz CT molecular complexity index is 982. The van der Waals surface area contributed by atoms with E-state index < -0.39 is 24.0 Å². The van der Waals surface area contributed by atoms with Crippen LogP contribution in [0.1, 0.15) is 74.2 Å². The Morgan fingerprint density at radius 1 is 0.750 bits per heavy atom. The Balaban J connectivity index is 1.58. The summed E-state index contributed by atoms with van der Waals surface area (Å²) in [7, 11) is 0. The van der Waals surface area contributed by atoms with Gasteiger partial charge in [0.25, 0.3) is 0 Å². The van der Waals surface area contributed by atoms with E-state index in [9.17, 15) is 18.0 Å². The number of alkyl halides is 3. The van der Waals surface area contributed by atoms with E-state index in [1.54, 1.807) is 0 Å². The van der Waals surface area contributed by atoms with Gasteiger partial charge in [-0.2, -0.15) is 13.2 Å². The van der Waals surface area contributed by atoms with Crippen molar-refractivity contribution in [2.45, 2.75) is 70.8 Å². The van der Waals surface area contributed by atoms with E-state index >= 15 is 0 Å². The molecule has 0 N–H and O–H groups in total. The van der Waals surface area contributed by atoms with Gasteiger partial charge in [0.15, 0.2) is 0 Å². The van der Waals surface area contributed by atoms with Gasteiger partial charge in [0, 0.05) is 6.42 Å². The second kappa shape index (κ2) is 16.4. The quantitative estimate of drug-likeness (QED) is 0.189. The van der Waals surface area contributed by atoms with Crippen molar-refractivity contribution in [3.63, 3.8) is 0 Å². The van der Waals surface area contributed by atoms with E-state index in [1.807, 2.05) is 12.2 Å². The zero-order valence-corrected chi connectivity index (χ0v) is 20.8. The number of cyclic esters (lactones) is 1. The lowest BCUT2D eigenvalue weighted by Gasteiger charge is -2.26. The molecule has 0 aromatic heterocycles. The second-order valence-electron chi connectivity index (χ2n) is 8.15. The molecule has 6 heteroatoms. The van der Waals surface area contributed by atoms with Gasteiger partial charge in [0.05, 0.1) is 5.56 Å². The Labute approximate surface area is 212 Å². The lowest BCUT2D eigenvalue weighted by atomic mass is 10.1. The molecule has 3 nitrogen and oxygen atoms in total.